The number of nitrogens with one attached hydrogen (secondary N) is 1. The van der Waals surface area contributed by atoms with E-state index in [-0.39, 0.29) is 25.2 Å². The van der Waals surface area contributed by atoms with Gasteiger partial charge in [-0.05, 0) is 64.7 Å². The van der Waals surface area contributed by atoms with Crippen LogP contribution in [0, 0.1) is 5.92 Å². The minimum Gasteiger partial charge on any atom is -0.493 e. The SMILES string of the molecule is COc1cc([C@@H]2c3cc4c(cc3C=C(/C=N/Nc3ccccc3)[C@H]2CO)OCO4)cc(OC)c1OC. The summed E-state index contributed by atoms with van der Waals surface area (Å²) in [6.45, 7) is 0.0773. The van der Waals surface area contributed by atoms with Crippen molar-refractivity contribution in [1.29, 1.82) is 0 Å². The minimum absolute atomic E-state index is 0.0988. The van der Waals surface area contributed by atoms with Crippen LogP contribution in [-0.2, 0) is 0 Å². The van der Waals surface area contributed by atoms with Crippen molar-refractivity contribution in [1.82, 2.24) is 0 Å². The van der Waals surface area contributed by atoms with Gasteiger partial charge in [0.15, 0.2) is 23.0 Å². The van der Waals surface area contributed by atoms with Gasteiger partial charge in [-0.25, -0.2) is 0 Å². The van der Waals surface area contributed by atoms with E-state index in [1.807, 2.05) is 60.7 Å². The van der Waals surface area contributed by atoms with Crippen LogP contribution >= 0.6 is 0 Å². The Hall–Kier alpha value is -4.17. The molecule has 3 aromatic carbocycles. The smallest absolute Gasteiger partial charge is 0.231 e. The van der Waals surface area contributed by atoms with E-state index in [2.05, 4.69) is 10.5 Å². The van der Waals surface area contributed by atoms with Gasteiger partial charge in [0.05, 0.1) is 39.8 Å². The third-order valence-electron chi connectivity index (χ3n) is 6.49. The zero-order chi connectivity index (χ0) is 25.1. The van der Waals surface area contributed by atoms with Crippen LogP contribution in [0.1, 0.15) is 22.6 Å². The Morgan fingerprint density at radius 3 is 2.31 bits per heavy atom. The van der Waals surface area contributed by atoms with Gasteiger partial charge in [0.1, 0.15) is 0 Å². The number of aliphatic hydroxyl groups is 1. The molecule has 3 aromatic rings. The fourth-order valence-corrected chi connectivity index (χ4v) is 4.79. The first kappa shape index (κ1) is 23.6. The fraction of sp³-hybridized carbons (Fsp3) is 0.250. The zero-order valence-electron chi connectivity index (χ0n) is 20.4. The summed E-state index contributed by atoms with van der Waals surface area (Å²) in [4.78, 5) is 0. The van der Waals surface area contributed by atoms with Gasteiger partial charge in [-0.2, -0.15) is 5.10 Å². The number of benzene rings is 3. The molecule has 186 valence electrons. The number of para-hydroxylation sites is 1. The van der Waals surface area contributed by atoms with Gasteiger partial charge in [-0.1, -0.05) is 18.2 Å². The standard InChI is InChI=1S/C28H28N2O6/c1-32-25-11-18(12-26(33-2)28(25)34-3)27-21-13-24-23(35-16-36-24)10-17(21)9-19(22(27)15-31)14-29-30-20-7-5-4-6-8-20/h4-14,22,27,30-31H,15-16H2,1-3H3/b29-14+/t22-,27-/m1/s1. The Bertz CT molecular complexity index is 1280. The molecule has 36 heavy (non-hydrogen) atoms. The highest BCUT2D eigenvalue weighted by Crippen LogP contribution is 2.49. The third kappa shape index (κ3) is 4.31. The molecule has 2 aliphatic rings. The second-order valence-corrected chi connectivity index (χ2v) is 8.44. The number of rotatable bonds is 8. The fourth-order valence-electron chi connectivity index (χ4n) is 4.79. The maximum Gasteiger partial charge on any atom is 0.231 e. The van der Waals surface area contributed by atoms with Crippen LogP contribution in [0.4, 0.5) is 5.69 Å². The number of hydrazone groups is 1. The Morgan fingerprint density at radius 1 is 0.972 bits per heavy atom. The third-order valence-corrected chi connectivity index (χ3v) is 6.49. The molecule has 8 nitrogen and oxygen atoms in total. The monoisotopic (exact) mass is 488 g/mol. The summed E-state index contributed by atoms with van der Waals surface area (Å²) in [6.07, 6.45) is 3.79. The van der Waals surface area contributed by atoms with E-state index in [1.54, 1.807) is 27.5 Å². The van der Waals surface area contributed by atoms with Crippen molar-refractivity contribution in [3.05, 3.63) is 76.9 Å². The Morgan fingerprint density at radius 2 is 1.67 bits per heavy atom. The van der Waals surface area contributed by atoms with Gasteiger partial charge < -0.3 is 28.8 Å². The largest absolute Gasteiger partial charge is 0.493 e. The molecular formula is C28H28N2O6. The second kappa shape index (κ2) is 10.2. The lowest BCUT2D eigenvalue weighted by molar-refractivity contribution is 0.174. The lowest BCUT2D eigenvalue weighted by atomic mass is 9.72. The number of anilines is 1. The molecule has 1 heterocycles. The highest BCUT2D eigenvalue weighted by Gasteiger charge is 2.35. The van der Waals surface area contributed by atoms with Crippen molar-refractivity contribution in [3.63, 3.8) is 0 Å². The number of ether oxygens (including phenoxy) is 5. The minimum atomic E-state index is -0.290. The molecule has 1 aliphatic carbocycles. The molecule has 2 N–H and O–H groups in total. The first-order chi connectivity index (χ1) is 17.7. The highest BCUT2D eigenvalue weighted by molar-refractivity contribution is 5.89. The molecule has 8 heteroatoms. The van der Waals surface area contributed by atoms with Crippen molar-refractivity contribution in [2.45, 2.75) is 5.92 Å². The molecule has 0 spiro atoms. The second-order valence-electron chi connectivity index (χ2n) is 8.44. The van der Waals surface area contributed by atoms with Crippen molar-refractivity contribution < 1.29 is 28.8 Å². The molecule has 2 atom stereocenters. The molecule has 0 unspecified atom stereocenters. The first-order valence-corrected chi connectivity index (χ1v) is 11.6. The maximum absolute atomic E-state index is 10.6. The molecule has 0 bridgehead atoms. The van der Waals surface area contributed by atoms with Crippen LogP contribution in [0.5, 0.6) is 28.7 Å². The topological polar surface area (TPSA) is 90.8 Å². The average Bonchev–Trinajstić information content (AvgIpc) is 3.38. The van der Waals surface area contributed by atoms with E-state index in [9.17, 15) is 5.11 Å². The first-order valence-electron chi connectivity index (χ1n) is 11.6. The predicted octanol–water partition coefficient (Wildman–Crippen LogP) is 4.68. The number of fused-ring (bicyclic) bond motifs is 2. The highest BCUT2D eigenvalue weighted by atomic mass is 16.7. The summed E-state index contributed by atoms with van der Waals surface area (Å²) in [6, 6.07) is 17.5. The Labute approximate surface area is 209 Å². The summed E-state index contributed by atoms with van der Waals surface area (Å²) < 4.78 is 28.1. The van der Waals surface area contributed by atoms with Gasteiger partial charge in [-0.3, -0.25) is 5.43 Å². The van der Waals surface area contributed by atoms with Crippen LogP contribution in [0.3, 0.4) is 0 Å². The summed E-state index contributed by atoms with van der Waals surface area (Å²) >= 11 is 0. The van der Waals surface area contributed by atoms with E-state index >= 15 is 0 Å². The lowest BCUT2D eigenvalue weighted by Gasteiger charge is -2.33. The summed E-state index contributed by atoms with van der Waals surface area (Å²) in [7, 11) is 4.75. The van der Waals surface area contributed by atoms with Crippen LogP contribution < -0.4 is 29.1 Å². The molecule has 5 rings (SSSR count). The Balaban J connectivity index is 1.62. The van der Waals surface area contributed by atoms with Gasteiger partial charge in [0, 0.05) is 11.8 Å². The number of hydrogen-bond donors (Lipinski definition) is 2. The van der Waals surface area contributed by atoms with E-state index in [1.165, 1.54) is 0 Å². The number of nitrogens with zero attached hydrogens (tertiary/aromatic N) is 1. The molecular weight excluding hydrogens is 460 g/mol. The molecule has 1 aliphatic heterocycles. The number of hydrogen-bond acceptors (Lipinski definition) is 8. The molecule has 0 saturated heterocycles. The van der Waals surface area contributed by atoms with Crippen molar-refractivity contribution in [2.24, 2.45) is 11.0 Å². The molecule has 0 saturated carbocycles. The van der Waals surface area contributed by atoms with Gasteiger partial charge >= 0.3 is 0 Å². The van der Waals surface area contributed by atoms with Crippen molar-refractivity contribution in [2.75, 3.05) is 40.2 Å². The van der Waals surface area contributed by atoms with Crippen LogP contribution in [0.15, 0.2) is 65.3 Å². The quantitative estimate of drug-likeness (QED) is 0.352. The van der Waals surface area contributed by atoms with E-state index in [4.69, 9.17) is 23.7 Å². The molecule has 0 radical (unpaired) electrons. The maximum atomic E-state index is 10.6. The van der Waals surface area contributed by atoms with Crippen LogP contribution in [0.2, 0.25) is 0 Å². The van der Waals surface area contributed by atoms with E-state index in [0.717, 1.165) is 28.0 Å². The normalized spacial score (nSPS) is 17.9. The zero-order valence-corrected chi connectivity index (χ0v) is 20.4. The van der Waals surface area contributed by atoms with Gasteiger partial charge in [-0.15, -0.1) is 0 Å². The van der Waals surface area contributed by atoms with Crippen LogP contribution in [0.25, 0.3) is 6.08 Å². The molecule has 0 amide bonds. The van der Waals surface area contributed by atoms with E-state index < -0.39 is 0 Å². The molecule has 0 aromatic heterocycles. The van der Waals surface area contributed by atoms with Gasteiger partial charge in [0.2, 0.25) is 12.5 Å². The average molecular weight is 489 g/mol. The van der Waals surface area contributed by atoms with E-state index in [0.29, 0.717) is 28.7 Å². The predicted molar refractivity (Wildman–Crippen MR) is 138 cm³/mol. The van der Waals surface area contributed by atoms with Crippen LogP contribution in [-0.4, -0.2) is 46.1 Å². The molecule has 0 fully saturated rings. The number of methoxy groups -OCH3 is 3. The number of aliphatic hydroxyl groups excluding tert-OH is 1. The van der Waals surface area contributed by atoms with Gasteiger partial charge in [0.25, 0.3) is 0 Å². The van der Waals surface area contributed by atoms with Crippen molar-refractivity contribution in [3.8, 4) is 28.7 Å². The summed E-state index contributed by atoms with van der Waals surface area (Å²) in [5.41, 5.74) is 7.66. The van der Waals surface area contributed by atoms with Crippen molar-refractivity contribution >= 4 is 18.0 Å². The summed E-state index contributed by atoms with van der Waals surface area (Å²) in [5, 5.41) is 15.1. The Kier molecular flexibility index (Phi) is 6.69. The lowest BCUT2D eigenvalue weighted by Crippen LogP contribution is -2.25. The summed E-state index contributed by atoms with van der Waals surface area (Å²) in [5.74, 6) is 2.44.